The summed E-state index contributed by atoms with van der Waals surface area (Å²) in [6.07, 6.45) is 2.74. The van der Waals surface area contributed by atoms with Gasteiger partial charge >= 0.3 is 5.97 Å². The maximum Gasteiger partial charge on any atom is 0.307 e. The highest BCUT2D eigenvalue weighted by molar-refractivity contribution is 5.88. The summed E-state index contributed by atoms with van der Waals surface area (Å²) in [6, 6.07) is 9.96. The molecule has 3 atom stereocenters. The minimum absolute atomic E-state index is 0.138. The second-order valence-corrected chi connectivity index (χ2v) is 7.98. The molecule has 0 unspecified atom stereocenters. The third-order valence-electron chi connectivity index (χ3n) is 5.99. The fraction of sp³-hybridized carbons (Fsp3) is 0.500. The standard InChI is InChI=1S/C22H26N2O6/c1-15-11-20(25)18(19(15)13-24(28)29)12-22(27)30-14-21(26)23-9-7-17(8-10-23)16-5-3-2-4-6-16/h2-7,15,18-19H,8-14H2,1H3/t15-,18+,19-/m1/s1. The summed E-state index contributed by atoms with van der Waals surface area (Å²) in [5.41, 5.74) is 2.32. The lowest BCUT2D eigenvalue weighted by molar-refractivity contribution is -0.490. The van der Waals surface area contributed by atoms with Crippen LogP contribution in [0.4, 0.5) is 0 Å². The molecule has 8 heteroatoms. The average Bonchev–Trinajstić information content (AvgIpc) is 2.99. The number of carbonyl (C=O) groups is 3. The first-order chi connectivity index (χ1) is 14.3. The first-order valence-electron chi connectivity index (χ1n) is 10.2. The lowest BCUT2D eigenvalue weighted by Gasteiger charge is -2.26. The van der Waals surface area contributed by atoms with Crippen molar-refractivity contribution in [3.05, 3.63) is 52.1 Å². The smallest absolute Gasteiger partial charge is 0.307 e. The van der Waals surface area contributed by atoms with Crippen molar-refractivity contribution in [3.8, 4) is 0 Å². The van der Waals surface area contributed by atoms with Gasteiger partial charge < -0.3 is 9.64 Å². The van der Waals surface area contributed by atoms with E-state index in [-0.39, 0.29) is 43.6 Å². The predicted molar refractivity (Wildman–Crippen MR) is 109 cm³/mol. The number of esters is 1. The summed E-state index contributed by atoms with van der Waals surface area (Å²) in [5.74, 6) is -2.42. The Morgan fingerprint density at radius 2 is 2.00 bits per heavy atom. The Labute approximate surface area is 175 Å². The van der Waals surface area contributed by atoms with Crippen LogP contribution < -0.4 is 0 Å². The molecule has 30 heavy (non-hydrogen) atoms. The van der Waals surface area contributed by atoms with Crippen molar-refractivity contribution < 1.29 is 24.0 Å². The zero-order valence-corrected chi connectivity index (χ0v) is 17.0. The number of carbonyl (C=O) groups excluding carboxylic acids is 3. The number of ketones is 1. The van der Waals surface area contributed by atoms with E-state index in [0.29, 0.717) is 13.1 Å². The molecule has 1 heterocycles. The van der Waals surface area contributed by atoms with Crippen LogP contribution in [0.3, 0.4) is 0 Å². The number of ether oxygens (including phenoxy) is 1. The molecule has 1 fully saturated rings. The number of benzene rings is 1. The Morgan fingerprint density at radius 1 is 1.27 bits per heavy atom. The van der Waals surface area contributed by atoms with E-state index in [1.807, 2.05) is 36.4 Å². The molecule has 1 saturated carbocycles. The molecule has 0 saturated heterocycles. The maximum atomic E-state index is 12.4. The minimum atomic E-state index is -0.709. The number of nitro groups is 1. The molecular formula is C22H26N2O6. The van der Waals surface area contributed by atoms with Gasteiger partial charge in [-0.1, -0.05) is 43.3 Å². The van der Waals surface area contributed by atoms with E-state index in [1.165, 1.54) is 5.57 Å². The van der Waals surface area contributed by atoms with Gasteiger partial charge in [-0.15, -0.1) is 0 Å². The van der Waals surface area contributed by atoms with Gasteiger partial charge in [0, 0.05) is 36.3 Å². The van der Waals surface area contributed by atoms with Gasteiger partial charge in [-0.2, -0.15) is 0 Å². The van der Waals surface area contributed by atoms with Crippen LogP contribution in [0.2, 0.25) is 0 Å². The molecule has 0 bridgehead atoms. The number of nitrogens with zero attached hydrogens (tertiary/aromatic N) is 2. The Balaban J connectivity index is 1.48. The summed E-state index contributed by atoms with van der Waals surface area (Å²) in [6.45, 7) is 2.05. The highest BCUT2D eigenvalue weighted by Gasteiger charge is 2.44. The number of hydrogen-bond acceptors (Lipinski definition) is 6. The van der Waals surface area contributed by atoms with Crippen LogP contribution in [0, 0.1) is 27.9 Å². The van der Waals surface area contributed by atoms with Crippen molar-refractivity contribution in [2.24, 2.45) is 17.8 Å². The zero-order chi connectivity index (χ0) is 21.7. The SMILES string of the molecule is C[C@@H]1CC(=O)[C@@H](CC(=O)OCC(=O)N2CC=C(c3ccccc3)CC2)[C@@H]1C[N+](=O)[O-]. The monoisotopic (exact) mass is 414 g/mol. The fourth-order valence-corrected chi connectivity index (χ4v) is 4.28. The van der Waals surface area contributed by atoms with Crippen molar-refractivity contribution in [3.63, 3.8) is 0 Å². The molecule has 0 radical (unpaired) electrons. The van der Waals surface area contributed by atoms with Gasteiger partial charge in [-0.05, 0) is 23.5 Å². The molecule has 0 aromatic heterocycles. The molecule has 1 aliphatic heterocycles. The van der Waals surface area contributed by atoms with Gasteiger partial charge in [-0.25, -0.2) is 0 Å². The van der Waals surface area contributed by atoms with Crippen molar-refractivity contribution >= 4 is 23.2 Å². The van der Waals surface area contributed by atoms with E-state index in [0.717, 1.165) is 12.0 Å². The molecular weight excluding hydrogens is 388 g/mol. The number of amides is 1. The van der Waals surface area contributed by atoms with Gasteiger partial charge in [0.15, 0.2) is 6.61 Å². The van der Waals surface area contributed by atoms with Crippen molar-refractivity contribution in [2.75, 3.05) is 26.2 Å². The van der Waals surface area contributed by atoms with Crippen LogP contribution in [-0.2, 0) is 19.1 Å². The average molecular weight is 414 g/mol. The quantitative estimate of drug-likeness (QED) is 0.385. The van der Waals surface area contributed by atoms with Crippen LogP contribution in [0.5, 0.6) is 0 Å². The van der Waals surface area contributed by atoms with Gasteiger partial charge in [0.2, 0.25) is 6.54 Å². The maximum absolute atomic E-state index is 12.4. The molecule has 2 aliphatic rings. The van der Waals surface area contributed by atoms with Crippen molar-refractivity contribution in [1.29, 1.82) is 0 Å². The van der Waals surface area contributed by atoms with Crippen molar-refractivity contribution in [1.82, 2.24) is 4.90 Å². The number of hydrogen-bond donors (Lipinski definition) is 0. The molecule has 8 nitrogen and oxygen atoms in total. The van der Waals surface area contributed by atoms with Gasteiger partial charge in [-0.3, -0.25) is 24.5 Å². The molecule has 1 aromatic rings. The Morgan fingerprint density at radius 3 is 2.63 bits per heavy atom. The van der Waals surface area contributed by atoms with E-state index in [9.17, 15) is 24.5 Å². The van der Waals surface area contributed by atoms with Gasteiger partial charge in [0.05, 0.1) is 6.42 Å². The zero-order valence-electron chi connectivity index (χ0n) is 17.0. The second-order valence-electron chi connectivity index (χ2n) is 7.98. The minimum Gasteiger partial charge on any atom is -0.456 e. The lowest BCUT2D eigenvalue weighted by Crippen LogP contribution is -2.38. The normalized spacial score (nSPS) is 23.8. The summed E-state index contributed by atoms with van der Waals surface area (Å²) in [5, 5.41) is 10.9. The lowest BCUT2D eigenvalue weighted by atomic mass is 9.88. The summed E-state index contributed by atoms with van der Waals surface area (Å²) >= 11 is 0. The Bertz CT molecular complexity index is 850. The van der Waals surface area contributed by atoms with E-state index >= 15 is 0 Å². The first-order valence-corrected chi connectivity index (χ1v) is 10.2. The van der Waals surface area contributed by atoms with E-state index in [4.69, 9.17) is 4.74 Å². The third kappa shape index (κ3) is 5.31. The van der Waals surface area contributed by atoms with E-state index in [2.05, 4.69) is 0 Å². The predicted octanol–water partition coefficient (Wildman–Crippen LogP) is 2.35. The molecule has 0 N–H and O–H groups in total. The van der Waals surface area contributed by atoms with Crippen molar-refractivity contribution in [2.45, 2.75) is 26.2 Å². The van der Waals surface area contributed by atoms with Gasteiger partial charge in [0.1, 0.15) is 5.78 Å². The molecule has 1 amide bonds. The largest absolute Gasteiger partial charge is 0.456 e. The Kier molecular flexibility index (Phi) is 6.97. The molecule has 160 valence electrons. The van der Waals surface area contributed by atoms with Crippen LogP contribution >= 0.6 is 0 Å². The second kappa shape index (κ2) is 9.65. The van der Waals surface area contributed by atoms with Crippen LogP contribution in [0.15, 0.2) is 36.4 Å². The third-order valence-corrected chi connectivity index (χ3v) is 5.99. The van der Waals surface area contributed by atoms with E-state index < -0.39 is 22.7 Å². The summed E-state index contributed by atoms with van der Waals surface area (Å²) in [7, 11) is 0. The van der Waals surface area contributed by atoms with Gasteiger partial charge in [0.25, 0.3) is 5.91 Å². The summed E-state index contributed by atoms with van der Waals surface area (Å²) in [4.78, 5) is 48.7. The molecule has 1 aromatic carbocycles. The number of Topliss-reactive ketones (excluding diaryl/α,β-unsaturated/α-hetero) is 1. The number of rotatable bonds is 7. The Hall–Kier alpha value is -3.03. The molecule has 1 aliphatic carbocycles. The first kappa shape index (κ1) is 21.7. The topological polar surface area (TPSA) is 107 Å². The highest BCUT2D eigenvalue weighted by Crippen LogP contribution is 2.36. The van der Waals surface area contributed by atoms with Crippen LogP contribution in [0.25, 0.3) is 5.57 Å². The molecule has 3 rings (SSSR count). The van der Waals surface area contributed by atoms with Crippen LogP contribution in [0.1, 0.15) is 31.7 Å². The van der Waals surface area contributed by atoms with E-state index in [1.54, 1.807) is 11.8 Å². The highest BCUT2D eigenvalue weighted by atomic mass is 16.6. The molecule has 0 spiro atoms. The fourth-order valence-electron chi connectivity index (χ4n) is 4.28. The van der Waals surface area contributed by atoms with Crippen LogP contribution in [-0.4, -0.2) is 53.7 Å². The summed E-state index contributed by atoms with van der Waals surface area (Å²) < 4.78 is 5.09.